The lowest BCUT2D eigenvalue weighted by atomic mass is 9.82. The molecule has 0 atom stereocenters. The SMILES string of the molecule is CC1(C)c2ccccc2-c2ccc(-c3nc(-n4c5ccccc5c5cc6ccccc6cc54)c4ccc(-c5ccc6ccccc6c5)cc4n3)cc21.c1ccc(-c2nc(-n3c4ccccc4c4cc5ccccc5cc43)c3ccc(-c4ccc5ccccc5c4)cc3n2)cc1.c1ccc2cc(-c3ccc4c(-n5c6ccccc6c6cc7ccccc7cc65)nc(-c5cccc6c5oc5ccccc56)nc4c3)ccc2c1. The van der Waals surface area contributed by atoms with Gasteiger partial charge in [-0.3, -0.25) is 13.7 Å². The summed E-state index contributed by atoms with van der Waals surface area (Å²) in [6, 6.07) is 171. The second-order valence-corrected chi connectivity index (χ2v) is 38.8. The van der Waals surface area contributed by atoms with Crippen molar-refractivity contribution >= 4 is 185 Å². The third kappa shape index (κ3) is 13.7. The fourth-order valence-electron chi connectivity index (χ4n) is 22.9. The predicted molar refractivity (Wildman–Crippen MR) is 604 cm³/mol. The summed E-state index contributed by atoms with van der Waals surface area (Å²) in [5, 5.41) is 27.0. The van der Waals surface area contributed by atoms with Crippen LogP contribution in [0.1, 0.15) is 25.0 Å². The zero-order valence-corrected chi connectivity index (χ0v) is 79.0. The lowest BCUT2D eigenvalue weighted by Crippen LogP contribution is -2.15. The molecule has 0 radical (unpaired) electrons. The van der Waals surface area contributed by atoms with E-state index in [1.165, 1.54) is 130 Å². The largest absolute Gasteiger partial charge is 0.455 e. The molecule has 1 aliphatic rings. The number of rotatable bonds is 9. The van der Waals surface area contributed by atoms with Crippen LogP contribution in [0, 0.1) is 0 Å². The van der Waals surface area contributed by atoms with Crippen LogP contribution in [0.25, 0.3) is 281 Å². The predicted octanol–water partition coefficient (Wildman–Crippen LogP) is 35.3. The second-order valence-electron chi connectivity index (χ2n) is 38.8. The highest BCUT2D eigenvalue weighted by Gasteiger charge is 2.36. The lowest BCUT2D eigenvalue weighted by Gasteiger charge is -2.22. The van der Waals surface area contributed by atoms with Crippen LogP contribution in [-0.2, 0) is 5.41 Å². The molecule has 7 aromatic heterocycles. The van der Waals surface area contributed by atoms with Crippen molar-refractivity contribution in [1.29, 1.82) is 0 Å². The molecule has 0 N–H and O–H groups in total. The van der Waals surface area contributed by atoms with Gasteiger partial charge < -0.3 is 4.42 Å². The Balaban J connectivity index is 0.000000104. The summed E-state index contributed by atoms with van der Waals surface area (Å²) in [6.07, 6.45) is 0. The Morgan fingerprint density at radius 3 is 0.945 bits per heavy atom. The normalized spacial score (nSPS) is 12.4. The highest BCUT2D eigenvalue weighted by atomic mass is 16.3. The lowest BCUT2D eigenvalue weighted by molar-refractivity contribution is 0.660. The van der Waals surface area contributed by atoms with E-state index in [4.69, 9.17) is 34.3 Å². The first-order chi connectivity index (χ1) is 71.6. The van der Waals surface area contributed by atoms with Crippen LogP contribution < -0.4 is 0 Å². The second kappa shape index (κ2) is 33.0. The zero-order valence-electron chi connectivity index (χ0n) is 79.0. The van der Waals surface area contributed by atoms with E-state index < -0.39 is 0 Å². The van der Waals surface area contributed by atoms with E-state index >= 15 is 0 Å². The topological polar surface area (TPSA) is 105 Å². The van der Waals surface area contributed by atoms with Crippen LogP contribution >= 0.6 is 0 Å². The summed E-state index contributed by atoms with van der Waals surface area (Å²) in [5.74, 6) is 4.67. The molecular formula is C135H85N9O. The molecule has 0 aliphatic heterocycles. The van der Waals surface area contributed by atoms with E-state index in [0.29, 0.717) is 11.6 Å². The molecule has 676 valence electrons. The van der Waals surface area contributed by atoms with Gasteiger partial charge in [0.15, 0.2) is 17.5 Å². The molecule has 31 rings (SSSR count). The number of fused-ring (bicyclic) bond motifs is 24. The van der Waals surface area contributed by atoms with Crippen molar-refractivity contribution in [2.45, 2.75) is 19.3 Å². The molecule has 0 saturated carbocycles. The zero-order chi connectivity index (χ0) is 95.6. The number of hydrogen-bond acceptors (Lipinski definition) is 7. The molecule has 0 spiro atoms. The van der Waals surface area contributed by atoms with E-state index in [0.717, 1.165) is 150 Å². The highest BCUT2D eigenvalue weighted by molar-refractivity contribution is 6.19. The number of aromatic nitrogens is 9. The monoisotopic (exact) mass is 1850 g/mol. The van der Waals surface area contributed by atoms with Gasteiger partial charge in [-0.25, -0.2) is 29.9 Å². The Hall–Kier alpha value is -19.2. The molecule has 30 aromatic rings. The summed E-state index contributed by atoms with van der Waals surface area (Å²) in [6.45, 7) is 4.65. The van der Waals surface area contributed by atoms with E-state index in [1.807, 2.05) is 30.3 Å². The van der Waals surface area contributed by atoms with Crippen molar-refractivity contribution < 1.29 is 4.42 Å². The van der Waals surface area contributed by atoms with Gasteiger partial charge in [-0.2, -0.15) is 0 Å². The molecule has 0 saturated heterocycles. The van der Waals surface area contributed by atoms with Gasteiger partial charge in [-0.05, 0) is 248 Å². The highest BCUT2D eigenvalue weighted by Crippen LogP contribution is 2.51. The van der Waals surface area contributed by atoms with Crippen LogP contribution in [-0.4, -0.2) is 43.6 Å². The average molecular weight is 1850 g/mol. The maximum absolute atomic E-state index is 6.52. The van der Waals surface area contributed by atoms with Crippen LogP contribution in [0.2, 0.25) is 0 Å². The molecule has 0 unspecified atom stereocenters. The molecule has 23 aromatic carbocycles. The minimum atomic E-state index is -0.126. The van der Waals surface area contributed by atoms with Crippen LogP contribution in [0.3, 0.4) is 0 Å². The maximum Gasteiger partial charge on any atom is 0.165 e. The molecule has 1 aliphatic carbocycles. The minimum Gasteiger partial charge on any atom is -0.455 e. The molecule has 0 amide bonds. The first kappa shape index (κ1) is 82.9. The van der Waals surface area contributed by atoms with Gasteiger partial charge in [-0.1, -0.05) is 366 Å². The van der Waals surface area contributed by atoms with Gasteiger partial charge in [0.05, 0.1) is 55.2 Å². The van der Waals surface area contributed by atoms with E-state index in [2.05, 4.69) is 476 Å². The van der Waals surface area contributed by atoms with Crippen LogP contribution in [0.5, 0.6) is 0 Å². The third-order valence-corrected chi connectivity index (χ3v) is 30.1. The number of para-hydroxylation sites is 5. The van der Waals surface area contributed by atoms with Crippen LogP contribution in [0.15, 0.2) is 484 Å². The summed E-state index contributed by atoms with van der Waals surface area (Å²) >= 11 is 0. The van der Waals surface area contributed by atoms with Gasteiger partial charge in [-0.15, -0.1) is 0 Å². The van der Waals surface area contributed by atoms with Crippen molar-refractivity contribution in [2.75, 3.05) is 0 Å². The Kier molecular flexibility index (Phi) is 18.9. The number of nitrogens with zero attached hydrogens (tertiary/aromatic N) is 9. The third-order valence-electron chi connectivity index (χ3n) is 30.1. The average Bonchev–Trinajstić information content (AvgIpc) is 1.58. The Labute approximate surface area is 832 Å². The van der Waals surface area contributed by atoms with Crippen molar-refractivity contribution in [3.8, 4) is 96.1 Å². The molecule has 7 heterocycles. The molecule has 0 fully saturated rings. The van der Waals surface area contributed by atoms with Crippen molar-refractivity contribution in [2.24, 2.45) is 0 Å². The number of hydrogen-bond donors (Lipinski definition) is 0. The summed E-state index contributed by atoms with van der Waals surface area (Å²) in [5.41, 5.74) is 26.0. The number of furan rings is 1. The quantitative estimate of drug-likeness (QED) is 0.142. The van der Waals surface area contributed by atoms with Gasteiger partial charge in [0.25, 0.3) is 0 Å². The Morgan fingerprint density at radius 1 is 0.179 bits per heavy atom. The van der Waals surface area contributed by atoms with E-state index in [1.54, 1.807) is 0 Å². The van der Waals surface area contributed by atoms with Crippen molar-refractivity contribution in [3.63, 3.8) is 0 Å². The fraction of sp³-hybridized carbons (Fsp3) is 0.0222. The first-order valence-corrected chi connectivity index (χ1v) is 49.5. The van der Waals surface area contributed by atoms with Gasteiger partial charge in [0, 0.05) is 75.8 Å². The number of benzene rings is 23. The first-order valence-electron chi connectivity index (χ1n) is 49.5. The van der Waals surface area contributed by atoms with Gasteiger partial charge in [0.2, 0.25) is 0 Å². The van der Waals surface area contributed by atoms with Crippen LogP contribution in [0.4, 0.5) is 0 Å². The van der Waals surface area contributed by atoms with E-state index in [-0.39, 0.29) is 5.41 Å². The smallest absolute Gasteiger partial charge is 0.165 e. The molecular weight excluding hydrogens is 1760 g/mol. The standard InChI is InChI=1S/C49H33N3.C46H27N3O.C40H25N3/c1-49(2)42-17-9-7-15-37(42)38-23-22-36(27-43(38)49)47-50-44-28-35(34-20-19-30-11-3-4-12-31(30)25-34)21-24-40(44)48(51-47)52-45-18-10-8-16-39(45)41-26-32-13-5-6-14-33(32)29-46(41)52;1-2-11-29-24-32(21-20-28(29)10-1)33-22-23-37-40(26-33)47-45(38-17-9-16-36-35-15-6-8-19-43(35)50-44(36)38)48-46(37)49-41-18-7-5-14-34(41)39-25-30-12-3-4-13-31(30)27-42(39)49;1-2-11-27(12-3-1)39-41-36-24-32(31-19-18-26-10-4-5-13-28(26)22-31)20-21-34(36)40(42-39)43-37-17-9-8-16-33(37)35-23-29-14-6-7-15-30(29)25-38(35)43/h3-29H,1-2H3;1-27H;1-25H. The molecule has 10 nitrogen and oxygen atoms in total. The van der Waals surface area contributed by atoms with Gasteiger partial charge in [0.1, 0.15) is 28.6 Å². The molecule has 10 heteroatoms. The van der Waals surface area contributed by atoms with Gasteiger partial charge >= 0.3 is 0 Å². The minimum absolute atomic E-state index is 0.126. The summed E-state index contributed by atoms with van der Waals surface area (Å²) in [4.78, 5) is 32.1. The maximum atomic E-state index is 6.52. The Bertz CT molecular complexity index is 10700. The summed E-state index contributed by atoms with van der Waals surface area (Å²) < 4.78 is 13.5. The van der Waals surface area contributed by atoms with E-state index in [9.17, 15) is 0 Å². The van der Waals surface area contributed by atoms with Crippen molar-refractivity contribution in [1.82, 2.24) is 43.6 Å². The molecule has 0 bridgehead atoms. The fourth-order valence-corrected chi connectivity index (χ4v) is 22.9. The molecule has 145 heavy (non-hydrogen) atoms. The summed E-state index contributed by atoms with van der Waals surface area (Å²) in [7, 11) is 0. The Morgan fingerprint density at radius 2 is 0.497 bits per heavy atom. The van der Waals surface area contributed by atoms with Crippen molar-refractivity contribution in [3.05, 3.63) is 490 Å².